The Kier molecular flexibility index (Phi) is 31.3. The molecule has 0 aromatic rings. The Morgan fingerprint density at radius 1 is 0.372 bits per heavy atom. The van der Waals surface area contributed by atoms with Crippen molar-refractivity contribution in [2.45, 2.75) is 182 Å². The monoisotopic (exact) mass is 1340 g/mol. The molecule has 0 aromatic heterocycles. The second-order valence-corrected chi connectivity index (χ2v) is 30.0. The van der Waals surface area contributed by atoms with Crippen LogP contribution in [0.15, 0.2) is 0 Å². The van der Waals surface area contributed by atoms with Crippen LogP contribution in [0.3, 0.4) is 0 Å². The van der Waals surface area contributed by atoms with Crippen molar-refractivity contribution in [2.24, 2.45) is 92.7 Å². The molecule has 94 heavy (non-hydrogen) atoms. The van der Waals surface area contributed by atoms with Gasteiger partial charge in [0.2, 0.25) is 0 Å². The number of carbonyl (C=O) groups excluding carboxylic acids is 4. The quantitative estimate of drug-likeness (QED) is 0.0264. The summed E-state index contributed by atoms with van der Waals surface area (Å²) in [5.41, 5.74) is 0.284. The van der Waals surface area contributed by atoms with Gasteiger partial charge < -0.3 is 86.7 Å². The molecule has 2 unspecified atom stereocenters. The highest BCUT2D eigenvalue weighted by atomic mass is 16.6. The molecule has 0 aliphatic heterocycles. The first kappa shape index (κ1) is 77.1. The van der Waals surface area contributed by atoms with E-state index in [1.54, 1.807) is 0 Å². The van der Waals surface area contributed by atoms with Crippen LogP contribution in [0.25, 0.3) is 0 Å². The van der Waals surface area contributed by atoms with Crippen molar-refractivity contribution in [1.82, 2.24) is 0 Å². The highest BCUT2D eigenvalue weighted by Gasteiger charge is 2.63. The van der Waals surface area contributed by atoms with Crippen LogP contribution in [-0.2, 0) is 85.5 Å². The minimum atomic E-state index is -1.41. The predicted molar refractivity (Wildman–Crippen MR) is 345 cm³/mol. The van der Waals surface area contributed by atoms with E-state index in [1.807, 2.05) is 13.8 Å². The van der Waals surface area contributed by atoms with Crippen LogP contribution in [0.5, 0.6) is 0 Å². The molecule has 20 atom stereocenters. The third kappa shape index (κ3) is 20.3. The smallest absolute Gasteiger partial charge is 0.332 e. The van der Waals surface area contributed by atoms with Crippen molar-refractivity contribution in [3.05, 3.63) is 0 Å². The van der Waals surface area contributed by atoms with Crippen LogP contribution in [0.1, 0.15) is 157 Å². The van der Waals surface area contributed by atoms with Crippen molar-refractivity contribution in [2.75, 3.05) is 159 Å². The van der Waals surface area contributed by atoms with Crippen molar-refractivity contribution in [1.29, 1.82) is 0 Å². The molecule has 8 fully saturated rings. The average molecular weight is 1340 g/mol. The molecule has 8 rings (SSSR count). The van der Waals surface area contributed by atoms with Gasteiger partial charge in [-0.05, 0) is 196 Å². The highest BCUT2D eigenvalue weighted by Crippen LogP contribution is 2.70. The Balaban J connectivity index is 0.901. The first-order chi connectivity index (χ1) is 45.4. The summed E-state index contributed by atoms with van der Waals surface area (Å²) in [4.78, 5) is 57.2. The summed E-state index contributed by atoms with van der Waals surface area (Å²) in [6, 6.07) is 0. The molecular weight excluding hydrogens is 1220 g/mol. The Morgan fingerprint density at radius 2 is 0.670 bits per heavy atom. The molecule has 22 heteroatoms. The lowest BCUT2D eigenvalue weighted by atomic mass is 9.44. The lowest BCUT2D eigenvalue weighted by Crippen LogP contribution is -2.54. The molecule has 0 saturated heterocycles. The first-order valence-electron chi connectivity index (χ1n) is 36.4. The molecule has 0 bridgehead atoms. The third-order valence-corrected chi connectivity index (χ3v) is 25.0. The second kappa shape index (κ2) is 38.2. The summed E-state index contributed by atoms with van der Waals surface area (Å²) >= 11 is 0. The van der Waals surface area contributed by atoms with Crippen molar-refractivity contribution >= 4 is 23.9 Å². The van der Waals surface area contributed by atoms with E-state index in [4.69, 9.17) is 76.5 Å². The van der Waals surface area contributed by atoms with Gasteiger partial charge in [0.25, 0.3) is 0 Å². The Morgan fingerprint density at radius 3 is 1.00 bits per heavy atom. The molecule has 0 radical (unpaired) electrons. The molecule has 4 N–H and O–H groups in total. The number of hydrogen-bond acceptors (Lipinski definition) is 22. The maximum Gasteiger partial charge on any atom is 0.332 e. The fourth-order valence-corrected chi connectivity index (χ4v) is 20.2. The third-order valence-electron chi connectivity index (χ3n) is 25.0. The largest absolute Gasteiger partial charge is 0.461 e. The van der Waals surface area contributed by atoms with E-state index in [0.29, 0.717) is 113 Å². The summed E-state index contributed by atoms with van der Waals surface area (Å²) < 4.78 is 79.8. The van der Waals surface area contributed by atoms with Crippen molar-refractivity contribution < 1.29 is 106 Å². The summed E-state index contributed by atoms with van der Waals surface area (Å²) in [7, 11) is 0. The standard InChI is InChI=1S/C72H122O22/c1-49(57-11-13-59-55-9-7-51-43-53(75)15-19-69(51,3)61(55)17-21-71(57,59)5)67(79)91-45-63(93-65(77)47-89-41-39-87-37-35-85-33-31-83-29-27-81-25-23-73)64(94-66(78)48-90-42-40-88-38-36-86-34-32-84-30-28-82-26-24-74)46-92-68(80)50(2)58-12-14-60-56-10-8-52-44-54(76)16-20-70(52,4)62(56)18-22-72(58,60)6/h49-64,73-76H,7-48H2,1-6H3/t49-,50-,51-,52-,53-,54-,55-,56-,57+,58+,59-,60-,61-,62-,63?,64?,69-,70-,71+,72+/m0/s1. The maximum absolute atomic E-state index is 14.7. The maximum atomic E-state index is 14.7. The van der Waals surface area contributed by atoms with E-state index in [2.05, 4.69) is 27.7 Å². The fourth-order valence-electron chi connectivity index (χ4n) is 20.2. The van der Waals surface area contributed by atoms with E-state index < -0.39 is 74.3 Å². The van der Waals surface area contributed by atoms with Crippen LogP contribution < -0.4 is 0 Å². The highest BCUT2D eigenvalue weighted by molar-refractivity contribution is 5.74. The molecule has 0 aromatic carbocycles. The van der Waals surface area contributed by atoms with Gasteiger partial charge in [-0.1, -0.05) is 41.5 Å². The number of rotatable bonds is 43. The van der Waals surface area contributed by atoms with Crippen molar-refractivity contribution in [3.63, 3.8) is 0 Å². The van der Waals surface area contributed by atoms with Gasteiger partial charge in [-0.15, -0.1) is 0 Å². The normalized spacial score (nSPS) is 34.7. The van der Waals surface area contributed by atoms with E-state index in [0.717, 1.165) is 116 Å². The molecule has 542 valence electrons. The van der Waals surface area contributed by atoms with Gasteiger partial charge in [0, 0.05) is 0 Å². The fraction of sp³-hybridized carbons (Fsp3) is 0.944. The van der Waals surface area contributed by atoms with Gasteiger partial charge in [0.15, 0.2) is 12.2 Å². The molecular formula is C72H122O22. The van der Waals surface area contributed by atoms with Gasteiger partial charge in [0.1, 0.15) is 26.4 Å². The zero-order chi connectivity index (χ0) is 67.1. The SMILES string of the molecule is C[C@H](C(=O)OCC(OC(=O)COCCOCCOCCOCCOCCO)C(COC(=O)[C@@H](C)[C@H]1CC[C@H]2[C@@H]3CC[C@H]4C[C@@H](O)CC[C@]4(C)[C@H]3CC[C@]12C)OC(=O)COCCOCCOCCOCCOCCO)[C@H]1CC[C@H]2[C@@H]3CC[C@H]4C[C@@H](O)CC[C@]4(C)[C@H]3CC[C@]12C. The van der Waals surface area contributed by atoms with Crippen molar-refractivity contribution in [3.8, 4) is 0 Å². The van der Waals surface area contributed by atoms with Gasteiger partial charge in [-0.3, -0.25) is 9.59 Å². The molecule has 8 aliphatic rings. The van der Waals surface area contributed by atoms with Gasteiger partial charge in [0.05, 0.1) is 156 Å². The minimum Gasteiger partial charge on any atom is -0.461 e. The second-order valence-electron chi connectivity index (χ2n) is 30.0. The van der Waals surface area contributed by atoms with Gasteiger partial charge in [-0.2, -0.15) is 0 Å². The molecule has 0 amide bonds. The number of fused-ring (bicyclic) bond motifs is 10. The van der Waals surface area contributed by atoms with E-state index in [1.165, 1.54) is 0 Å². The zero-order valence-electron chi connectivity index (χ0n) is 58.1. The Bertz CT molecular complexity index is 2110. The summed E-state index contributed by atoms with van der Waals surface area (Å²) in [5.74, 6) is 0.983. The minimum absolute atomic E-state index is 0.0401. The van der Waals surface area contributed by atoms with E-state index in [9.17, 15) is 29.4 Å². The molecule has 22 nitrogen and oxygen atoms in total. The van der Waals surface area contributed by atoms with Crippen LogP contribution >= 0.6 is 0 Å². The van der Waals surface area contributed by atoms with Crippen LogP contribution in [-0.4, -0.2) is 227 Å². The number of aliphatic hydroxyl groups is 4. The van der Waals surface area contributed by atoms with Crippen LogP contribution in [0.2, 0.25) is 0 Å². The average Bonchev–Trinajstić information content (AvgIpc) is 1.35. The molecule has 0 heterocycles. The number of carbonyl (C=O) groups is 4. The molecule has 8 aliphatic carbocycles. The summed E-state index contributed by atoms with van der Waals surface area (Å²) in [6.07, 6.45) is 15.1. The number of hydrogen-bond donors (Lipinski definition) is 4. The number of aliphatic hydroxyl groups excluding tert-OH is 4. The summed E-state index contributed by atoms with van der Waals surface area (Å²) in [5, 5.41) is 39.0. The summed E-state index contributed by atoms with van der Waals surface area (Å²) in [6.45, 7) is 16.7. The van der Waals surface area contributed by atoms with Crippen LogP contribution in [0.4, 0.5) is 0 Å². The lowest BCUT2D eigenvalue weighted by Gasteiger charge is -2.61. The zero-order valence-corrected chi connectivity index (χ0v) is 58.1. The van der Waals surface area contributed by atoms with Gasteiger partial charge in [-0.25, -0.2) is 9.59 Å². The lowest BCUT2D eigenvalue weighted by molar-refractivity contribution is -0.189. The molecule has 0 spiro atoms. The van der Waals surface area contributed by atoms with E-state index >= 15 is 0 Å². The number of esters is 4. The molecule has 8 saturated carbocycles. The topological polar surface area (TPSA) is 278 Å². The number of ether oxygens (including phenoxy) is 14. The van der Waals surface area contributed by atoms with Gasteiger partial charge >= 0.3 is 23.9 Å². The first-order valence-corrected chi connectivity index (χ1v) is 36.4. The Hall–Kier alpha value is -2.68. The predicted octanol–water partition coefficient (Wildman–Crippen LogP) is 7.36. The van der Waals surface area contributed by atoms with Crippen LogP contribution in [0, 0.1) is 92.7 Å². The van der Waals surface area contributed by atoms with E-state index in [-0.39, 0.29) is 112 Å². The Labute approximate surface area is 560 Å².